The Labute approximate surface area is 78.0 Å². The third-order valence-electron chi connectivity index (χ3n) is 2.49. The van der Waals surface area contributed by atoms with Crippen molar-refractivity contribution in [3.8, 4) is 0 Å². The molecule has 2 heteroatoms. The van der Waals surface area contributed by atoms with E-state index in [1.165, 1.54) is 0 Å². The predicted molar refractivity (Wildman–Crippen MR) is 52.3 cm³/mol. The quantitative estimate of drug-likeness (QED) is 0.734. The monoisotopic (exact) mass is 175 g/mol. The molecule has 1 amide bonds. The summed E-state index contributed by atoms with van der Waals surface area (Å²) in [7, 11) is 0. The Balaban J connectivity index is 1.95. The van der Waals surface area contributed by atoms with Gasteiger partial charge in [0.05, 0.1) is 0 Å². The van der Waals surface area contributed by atoms with E-state index in [-0.39, 0.29) is 11.8 Å². The van der Waals surface area contributed by atoms with E-state index in [1.807, 2.05) is 30.3 Å². The third kappa shape index (κ3) is 1.89. The summed E-state index contributed by atoms with van der Waals surface area (Å²) < 4.78 is 0. The second-order valence-corrected chi connectivity index (χ2v) is 3.67. The molecule has 68 valence electrons. The minimum absolute atomic E-state index is 0.165. The van der Waals surface area contributed by atoms with Crippen molar-refractivity contribution in [3.05, 3.63) is 30.3 Å². The van der Waals surface area contributed by atoms with Crippen molar-refractivity contribution in [1.29, 1.82) is 0 Å². The van der Waals surface area contributed by atoms with Gasteiger partial charge in [-0.2, -0.15) is 0 Å². The van der Waals surface area contributed by atoms with E-state index in [9.17, 15) is 4.79 Å². The van der Waals surface area contributed by atoms with E-state index in [0.29, 0.717) is 5.92 Å². The molecule has 0 saturated heterocycles. The minimum atomic E-state index is 0.165. The molecule has 0 radical (unpaired) electrons. The molecule has 1 aliphatic carbocycles. The molecule has 1 fully saturated rings. The van der Waals surface area contributed by atoms with E-state index >= 15 is 0 Å². The van der Waals surface area contributed by atoms with Gasteiger partial charge in [-0.25, -0.2) is 0 Å². The maximum absolute atomic E-state index is 11.5. The zero-order valence-corrected chi connectivity index (χ0v) is 7.66. The van der Waals surface area contributed by atoms with Crippen LogP contribution in [0.1, 0.15) is 13.3 Å². The van der Waals surface area contributed by atoms with Gasteiger partial charge in [-0.3, -0.25) is 4.79 Å². The first-order chi connectivity index (χ1) is 6.27. The van der Waals surface area contributed by atoms with Crippen molar-refractivity contribution in [2.45, 2.75) is 13.3 Å². The minimum Gasteiger partial charge on any atom is -0.326 e. The van der Waals surface area contributed by atoms with Crippen LogP contribution in [0, 0.1) is 11.8 Å². The molecule has 2 rings (SSSR count). The number of benzene rings is 1. The van der Waals surface area contributed by atoms with Crippen molar-refractivity contribution in [3.63, 3.8) is 0 Å². The molecular formula is C11H13NO. The Hall–Kier alpha value is -1.31. The molecule has 0 spiro atoms. The van der Waals surface area contributed by atoms with Crippen LogP contribution in [-0.2, 0) is 4.79 Å². The summed E-state index contributed by atoms with van der Waals surface area (Å²) >= 11 is 0. The Morgan fingerprint density at radius 3 is 2.54 bits per heavy atom. The molecule has 1 aromatic carbocycles. The summed E-state index contributed by atoms with van der Waals surface area (Å²) in [5.41, 5.74) is 0.895. The standard InChI is InChI=1S/C11H13NO/c1-8-7-10(8)11(13)12-9-5-3-2-4-6-9/h2-6,8,10H,7H2,1H3,(H,12,13)/t8-,10-/m1/s1. The van der Waals surface area contributed by atoms with Crippen molar-refractivity contribution in [1.82, 2.24) is 0 Å². The van der Waals surface area contributed by atoms with Gasteiger partial charge in [0.25, 0.3) is 0 Å². The molecular weight excluding hydrogens is 162 g/mol. The van der Waals surface area contributed by atoms with Crippen molar-refractivity contribution in [2.75, 3.05) is 5.32 Å². The highest BCUT2D eigenvalue weighted by atomic mass is 16.2. The Kier molecular flexibility index (Phi) is 2.05. The van der Waals surface area contributed by atoms with Crippen LogP contribution >= 0.6 is 0 Å². The number of carbonyl (C=O) groups is 1. The molecule has 1 aliphatic rings. The second-order valence-electron chi connectivity index (χ2n) is 3.67. The highest BCUT2D eigenvalue weighted by Gasteiger charge is 2.38. The first-order valence-electron chi connectivity index (χ1n) is 4.63. The molecule has 1 N–H and O–H groups in total. The van der Waals surface area contributed by atoms with Gasteiger partial charge in [0.15, 0.2) is 0 Å². The fourth-order valence-electron chi connectivity index (χ4n) is 1.44. The lowest BCUT2D eigenvalue weighted by Gasteiger charge is -2.02. The molecule has 0 aromatic heterocycles. The summed E-state index contributed by atoms with van der Waals surface area (Å²) in [6.45, 7) is 2.11. The zero-order chi connectivity index (χ0) is 9.26. The SMILES string of the molecule is C[C@@H]1C[C@H]1C(=O)Nc1ccccc1. The molecule has 1 saturated carbocycles. The third-order valence-corrected chi connectivity index (χ3v) is 2.49. The first-order valence-corrected chi connectivity index (χ1v) is 4.63. The number of para-hydroxylation sites is 1. The maximum Gasteiger partial charge on any atom is 0.227 e. The van der Waals surface area contributed by atoms with Gasteiger partial charge in [-0.05, 0) is 24.5 Å². The van der Waals surface area contributed by atoms with Gasteiger partial charge in [0.1, 0.15) is 0 Å². The van der Waals surface area contributed by atoms with Crippen molar-refractivity contribution >= 4 is 11.6 Å². The van der Waals surface area contributed by atoms with Crippen LogP contribution in [0.2, 0.25) is 0 Å². The molecule has 0 unspecified atom stereocenters. The normalized spacial score (nSPS) is 25.3. The average molecular weight is 175 g/mol. The van der Waals surface area contributed by atoms with Gasteiger partial charge in [0, 0.05) is 11.6 Å². The second kappa shape index (κ2) is 3.21. The summed E-state index contributed by atoms with van der Waals surface area (Å²) in [5.74, 6) is 0.989. The molecule has 2 atom stereocenters. The number of amides is 1. The van der Waals surface area contributed by atoms with Crippen molar-refractivity contribution in [2.24, 2.45) is 11.8 Å². The number of carbonyl (C=O) groups excluding carboxylic acids is 1. The number of anilines is 1. The summed E-state index contributed by atoms with van der Waals surface area (Å²) in [6, 6.07) is 9.60. The van der Waals surface area contributed by atoms with Gasteiger partial charge in [-0.15, -0.1) is 0 Å². The van der Waals surface area contributed by atoms with E-state index in [4.69, 9.17) is 0 Å². The average Bonchev–Trinajstić information content (AvgIpc) is 2.84. The number of nitrogens with one attached hydrogen (secondary N) is 1. The van der Waals surface area contributed by atoms with Crippen LogP contribution in [0.25, 0.3) is 0 Å². The molecule has 0 aliphatic heterocycles. The maximum atomic E-state index is 11.5. The van der Waals surface area contributed by atoms with Crippen LogP contribution in [-0.4, -0.2) is 5.91 Å². The largest absolute Gasteiger partial charge is 0.326 e. The Bertz CT molecular complexity index is 307. The van der Waals surface area contributed by atoms with E-state index < -0.39 is 0 Å². The lowest BCUT2D eigenvalue weighted by Crippen LogP contribution is -2.14. The summed E-state index contributed by atoms with van der Waals surface area (Å²) in [5, 5.41) is 2.90. The fraction of sp³-hybridized carbons (Fsp3) is 0.364. The van der Waals surface area contributed by atoms with Crippen LogP contribution in [0.3, 0.4) is 0 Å². The van der Waals surface area contributed by atoms with E-state index in [0.717, 1.165) is 12.1 Å². The van der Waals surface area contributed by atoms with Crippen LogP contribution in [0.4, 0.5) is 5.69 Å². The lowest BCUT2D eigenvalue weighted by molar-refractivity contribution is -0.117. The van der Waals surface area contributed by atoms with Gasteiger partial charge < -0.3 is 5.32 Å². The highest BCUT2D eigenvalue weighted by Crippen LogP contribution is 2.38. The fourth-order valence-corrected chi connectivity index (χ4v) is 1.44. The van der Waals surface area contributed by atoms with Gasteiger partial charge >= 0.3 is 0 Å². The predicted octanol–water partition coefficient (Wildman–Crippen LogP) is 2.28. The number of hydrogen-bond acceptors (Lipinski definition) is 1. The zero-order valence-electron chi connectivity index (χ0n) is 7.66. The Morgan fingerprint density at radius 2 is 2.00 bits per heavy atom. The molecule has 13 heavy (non-hydrogen) atoms. The Morgan fingerprint density at radius 1 is 1.38 bits per heavy atom. The highest BCUT2D eigenvalue weighted by molar-refractivity contribution is 5.94. The number of rotatable bonds is 2. The first kappa shape index (κ1) is 8.30. The molecule has 2 nitrogen and oxygen atoms in total. The topological polar surface area (TPSA) is 29.1 Å². The van der Waals surface area contributed by atoms with Gasteiger partial charge in [0.2, 0.25) is 5.91 Å². The van der Waals surface area contributed by atoms with Crippen LogP contribution in [0.5, 0.6) is 0 Å². The number of hydrogen-bond donors (Lipinski definition) is 1. The molecule has 0 heterocycles. The summed E-state index contributed by atoms with van der Waals surface area (Å²) in [6.07, 6.45) is 1.04. The summed E-state index contributed by atoms with van der Waals surface area (Å²) in [4.78, 5) is 11.5. The van der Waals surface area contributed by atoms with Crippen LogP contribution < -0.4 is 5.32 Å². The van der Waals surface area contributed by atoms with E-state index in [1.54, 1.807) is 0 Å². The molecule has 0 bridgehead atoms. The molecule has 1 aromatic rings. The smallest absolute Gasteiger partial charge is 0.227 e. The lowest BCUT2D eigenvalue weighted by atomic mass is 10.3. The van der Waals surface area contributed by atoms with Crippen molar-refractivity contribution < 1.29 is 4.79 Å². The van der Waals surface area contributed by atoms with Gasteiger partial charge in [-0.1, -0.05) is 25.1 Å². The van der Waals surface area contributed by atoms with Crippen LogP contribution in [0.15, 0.2) is 30.3 Å². The van der Waals surface area contributed by atoms with E-state index in [2.05, 4.69) is 12.2 Å².